The molecule has 3 amide bonds. The second-order valence-corrected chi connectivity index (χ2v) is 13.0. The molecule has 45 heavy (non-hydrogen) atoms. The molecule has 5 rings (SSSR count). The van der Waals surface area contributed by atoms with Gasteiger partial charge in [0.05, 0.1) is 0 Å². The van der Waals surface area contributed by atoms with E-state index in [9.17, 15) is 19.5 Å². The van der Waals surface area contributed by atoms with Gasteiger partial charge < -0.3 is 25.4 Å². The molecule has 1 aliphatic rings. The maximum absolute atomic E-state index is 14.7. The zero-order valence-corrected chi connectivity index (χ0v) is 26.4. The standard InChI is InChI=1S/C37H41N3O5/c1-23-9-8-12-28(19-23)33(34(42)38-29-16-15-26-10-6-7-11-27(26)22-29)40(32-20-24(32)2)35(43)31(39-36(44)45-37(3,4)5)21-25-13-17-30(41)18-14-25/h6-19,22,24,31-33,41H,20-21H2,1-5H3,(H,38,42)(H,39,44). The molecule has 8 nitrogen and oxygen atoms in total. The maximum Gasteiger partial charge on any atom is 0.408 e. The molecule has 4 aromatic rings. The molecule has 4 atom stereocenters. The van der Waals surface area contributed by atoms with Gasteiger partial charge in [-0.15, -0.1) is 0 Å². The number of carbonyl (C=O) groups excluding carboxylic acids is 3. The van der Waals surface area contributed by atoms with Gasteiger partial charge in [0.25, 0.3) is 5.91 Å². The van der Waals surface area contributed by atoms with Crippen LogP contribution in [-0.2, 0) is 20.7 Å². The first-order chi connectivity index (χ1) is 21.4. The molecule has 1 saturated carbocycles. The van der Waals surface area contributed by atoms with Crippen LogP contribution in [0.3, 0.4) is 0 Å². The van der Waals surface area contributed by atoms with E-state index in [0.29, 0.717) is 11.3 Å². The average molecular weight is 608 g/mol. The van der Waals surface area contributed by atoms with Crippen molar-refractivity contribution >= 4 is 34.4 Å². The molecule has 0 aromatic heterocycles. The zero-order chi connectivity index (χ0) is 32.3. The Bertz CT molecular complexity index is 1690. The van der Waals surface area contributed by atoms with Gasteiger partial charge in [-0.2, -0.15) is 0 Å². The van der Waals surface area contributed by atoms with Crippen LogP contribution >= 0.6 is 0 Å². The van der Waals surface area contributed by atoms with Gasteiger partial charge in [-0.05, 0) is 86.2 Å². The normalized spacial score (nSPS) is 17.2. The average Bonchev–Trinajstić information content (AvgIpc) is 3.70. The minimum atomic E-state index is -1.03. The van der Waals surface area contributed by atoms with E-state index in [4.69, 9.17) is 4.74 Å². The molecule has 0 saturated heterocycles. The van der Waals surface area contributed by atoms with Gasteiger partial charge in [0.15, 0.2) is 0 Å². The van der Waals surface area contributed by atoms with Gasteiger partial charge in [0, 0.05) is 18.2 Å². The Morgan fingerprint density at radius 2 is 1.62 bits per heavy atom. The van der Waals surface area contributed by atoms with E-state index in [2.05, 4.69) is 17.6 Å². The second-order valence-electron chi connectivity index (χ2n) is 13.0. The van der Waals surface area contributed by atoms with Crippen LogP contribution in [0, 0.1) is 12.8 Å². The first-order valence-electron chi connectivity index (χ1n) is 15.3. The molecule has 0 bridgehead atoms. The molecule has 0 radical (unpaired) electrons. The molecule has 4 unspecified atom stereocenters. The van der Waals surface area contributed by atoms with Crippen molar-refractivity contribution in [1.82, 2.24) is 10.2 Å². The van der Waals surface area contributed by atoms with Crippen molar-refractivity contribution in [3.8, 4) is 5.75 Å². The fraction of sp³-hybridized carbons (Fsp3) is 0.324. The lowest BCUT2D eigenvalue weighted by atomic mass is 9.98. The van der Waals surface area contributed by atoms with Gasteiger partial charge in [-0.25, -0.2) is 4.79 Å². The summed E-state index contributed by atoms with van der Waals surface area (Å²) in [4.78, 5) is 43.7. The largest absolute Gasteiger partial charge is 0.508 e. The summed E-state index contributed by atoms with van der Waals surface area (Å²) >= 11 is 0. The molecule has 3 N–H and O–H groups in total. The number of rotatable bonds is 9. The summed E-state index contributed by atoms with van der Waals surface area (Å²) in [6.45, 7) is 9.27. The summed E-state index contributed by atoms with van der Waals surface area (Å²) in [5.74, 6) is -0.460. The van der Waals surface area contributed by atoms with E-state index in [1.807, 2.05) is 73.7 Å². The van der Waals surface area contributed by atoms with E-state index in [0.717, 1.165) is 28.3 Å². The number of anilines is 1. The summed E-state index contributed by atoms with van der Waals surface area (Å²) in [6.07, 6.45) is 0.148. The van der Waals surface area contributed by atoms with Crippen molar-refractivity contribution in [1.29, 1.82) is 0 Å². The second kappa shape index (κ2) is 13.0. The van der Waals surface area contributed by atoms with Crippen molar-refractivity contribution in [2.24, 2.45) is 5.92 Å². The quantitative estimate of drug-likeness (QED) is 0.192. The number of hydrogen-bond donors (Lipinski definition) is 3. The SMILES string of the molecule is Cc1cccc(C(C(=O)Nc2ccc3ccccc3c2)N(C(=O)C(Cc2ccc(O)cc2)NC(=O)OC(C)(C)C)C2CC2C)c1. The highest BCUT2D eigenvalue weighted by molar-refractivity contribution is 6.00. The van der Waals surface area contributed by atoms with E-state index in [1.165, 1.54) is 12.1 Å². The topological polar surface area (TPSA) is 108 Å². The first-order valence-corrected chi connectivity index (χ1v) is 15.3. The number of amides is 3. The number of phenolic OH excluding ortho intramolecular Hbond substituents is 1. The van der Waals surface area contributed by atoms with E-state index >= 15 is 0 Å². The van der Waals surface area contributed by atoms with Crippen molar-refractivity contribution in [3.63, 3.8) is 0 Å². The summed E-state index contributed by atoms with van der Waals surface area (Å²) < 4.78 is 5.53. The lowest BCUT2D eigenvalue weighted by Crippen LogP contribution is -2.54. The van der Waals surface area contributed by atoms with Gasteiger partial charge >= 0.3 is 6.09 Å². The third kappa shape index (κ3) is 8.01. The van der Waals surface area contributed by atoms with E-state index in [-0.39, 0.29) is 35.9 Å². The summed E-state index contributed by atoms with van der Waals surface area (Å²) in [5, 5.41) is 17.7. The van der Waals surface area contributed by atoms with Gasteiger partial charge in [-0.3, -0.25) is 9.59 Å². The van der Waals surface area contributed by atoms with Crippen LogP contribution in [0.1, 0.15) is 56.8 Å². The van der Waals surface area contributed by atoms with Crippen LogP contribution in [0.4, 0.5) is 10.5 Å². The van der Waals surface area contributed by atoms with Gasteiger partial charge in [0.2, 0.25) is 5.91 Å². The lowest BCUT2D eigenvalue weighted by molar-refractivity contribution is -0.141. The number of nitrogens with zero attached hydrogens (tertiary/aromatic N) is 1. The van der Waals surface area contributed by atoms with Crippen LogP contribution < -0.4 is 10.6 Å². The Labute approximate surface area is 264 Å². The molecule has 1 aliphatic carbocycles. The lowest BCUT2D eigenvalue weighted by Gasteiger charge is -2.35. The number of benzene rings is 4. The number of nitrogens with one attached hydrogen (secondary N) is 2. The summed E-state index contributed by atoms with van der Waals surface area (Å²) in [6, 6.07) is 25.6. The van der Waals surface area contributed by atoms with Gasteiger partial charge in [0.1, 0.15) is 23.4 Å². The number of aryl methyl sites for hydroxylation is 1. The first kappa shape index (κ1) is 31.6. The molecule has 0 aliphatic heterocycles. The van der Waals surface area contributed by atoms with Crippen LogP contribution in [0.25, 0.3) is 10.8 Å². The monoisotopic (exact) mass is 607 g/mol. The minimum absolute atomic E-state index is 0.0973. The number of phenols is 1. The Kier molecular flexibility index (Phi) is 9.14. The molecule has 4 aromatic carbocycles. The molecule has 8 heteroatoms. The Morgan fingerprint density at radius 1 is 0.933 bits per heavy atom. The fourth-order valence-electron chi connectivity index (χ4n) is 5.63. The fourth-order valence-corrected chi connectivity index (χ4v) is 5.63. The van der Waals surface area contributed by atoms with Crippen molar-refractivity contribution < 1.29 is 24.2 Å². The summed E-state index contributed by atoms with van der Waals surface area (Å²) in [7, 11) is 0. The number of alkyl carbamates (subject to hydrolysis) is 1. The Balaban J connectivity index is 1.53. The van der Waals surface area contributed by atoms with Crippen LogP contribution in [0.5, 0.6) is 5.75 Å². The zero-order valence-electron chi connectivity index (χ0n) is 26.4. The molecule has 0 spiro atoms. The third-order valence-electron chi connectivity index (χ3n) is 7.95. The smallest absolute Gasteiger partial charge is 0.408 e. The molecular weight excluding hydrogens is 566 g/mol. The van der Waals surface area contributed by atoms with Crippen LogP contribution in [0.15, 0.2) is 91.0 Å². The van der Waals surface area contributed by atoms with Crippen LogP contribution in [0.2, 0.25) is 0 Å². The number of aromatic hydroxyl groups is 1. The Hall–Kier alpha value is -4.85. The van der Waals surface area contributed by atoms with E-state index in [1.54, 1.807) is 37.8 Å². The molecular formula is C37H41N3O5. The number of carbonyl (C=O) groups is 3. The Morgan fingerprint density at radius 3 is 2.27 bits per heavy atom. The number of fused-ring (bicyclic) bond motifs is 1. The highest BCUT2D eigenvalue weighted by Crippen LogP contribution is 2.41. The summed E-state index contributed by atoms with van der Waals surface area (Å²) in [5.41, 5.74) is 2.23. The van der Waals surface area contributed by atoms with Gasteiger partial charge in [-0.1, -0.05) is 79.2 Å². The highest BCUT2D eigenvalue weighted by Gasteiger charge is 2.48. The third-order valence-corrected chi connectivity index (χ3v) is 7.95. The predicted octanol–water partition coefficient (Wildman–Crippen LogP) is 6.91. The number of ether oxygens (including phenoxy) is 1. The maximum atomic E-state index is 14.7. The molecule has 1 fully saturated rings. The van der Waals surface area contributed by atoms with Crippen molar-refractivity contribution in [2.75, 3.05) is 5.32 Å². The van der Waals surface area contributed by atoms with Crippen molar-refractivity contribution in [2.45, 2.75) is 71.2 Å². The van der Waals surface area contributed by atoms with Crippen LogP contribution in [-0.4, -0.2) is 45.6 Å². The van der Waals surface area contributed by atoms with E-state index < -0.39 is 23.8 Å². The molecule has 0 heterocycles. The predicted molar refractivity (Wildman–Crippen MR) is 176 cm³/mol. The number of hydrogen-bond acceptors (Lipinski definition) is 5. The highest BCUT2D eigenvalue weighted by atomic mass is 16.6. The van der Waals surface area contributed by atoms with Crippen molar-refractivity contribution in [3.05, 3.63) is 108 Å². The minimum Gasteiger partial charge on any atom is -0.508 e. The molecule has 234 valence electrons.